The summed E-state index contributed by atoms with van der Waals surface area (Å²) in [6, 6.07) is 6.82. The van der Waals surface area contributed by atoms with E-state index < -0.39 is 41.4 Å². The van der Waals surface area contributed by atoms with Crippen LogP contribution < -0.4 is 22.1 Å². The van der Waals surface area contributed by atoms with Gasteiger partial charge in [0.2, 0.25) is 0 Å². The summed E-state index contributed by atoms with van der Waals surface area (Å²) in [6.07, 6.45) is -4.69. The molecule has 6 N–H and O–H groups in total. The molecule has 3 atom stereocenters. The van der Waals surface area contributed by atoms with E-state index in [0.29, 0.717) is 5.56 Å². The van der Waals surface area contributed by atoms with Gasteiger partial charge in [0.15, 0.2) is 11.7 Å². The summed E-state index contributed by atoms with van der Waals surface area (Å²) < 4.78 is 57.8. The van der Waals surface area contributed by atoms with Gasteiger partial charge in [-0.1, -0.05) is 12.1 Å². The Balaban J connectivity index is 2.22. The summed E-state index contributed by atoms with van der Waals surface area (Å²) in [6.45, 7) is 1.94. The number of carbonyl (C=O) groups is 1. The number of carbonyl (C=O) groups excluding carboxylic acids is 1. The largest absolute Gasteiger partial charge is 0.434 e. The van der Waals surface area contributed by atoms with Crippen molar-refractivity contribution in [3.05, 3.63) is 65.2 Å². The molecule has 0 radical (unpaired) electrons. The van der Waals surface area contributed by atoms with Crippen molar-refractivity contribution in [3.8, 4) is 0 Å². The molecule has 1 aromatic carbocycles. The Kier molecular flexibility index (Phi) is 9.26. The molecule has 0 aliphatic rings. The molecule has 0 saturated carbocycles. The maximum absolute atomic E-state index is 13.2. The number of nitrogens with two attached hydrogens (primary N) is 2. The number of alkyl halides is 3. The molecule has 8 nitrogen and oxygen atoms in total. The monoisotopic (exact) mass is 470 g/mol. The number of halogens is 4. The van der Waals surface area contributed by atoms with Gasteiger partial charge in [0.1, 0.15) is 12.0 Å². The van der Waals surface area contributed by atoms with E-state index in [-0.39, 0.29) is 25.0 Å². The lowest BCUT2D eigenvalue weighted by atomic mass is 10.0. The van der Waals surface area contributed by atoms with Gasteiger partial charge in [-0.2, -0.15) is 13.2 Å². The first-order valence-electron chi connectivity index (χ1n) is 9.94. The number of nitrogens with zero attached hydrogens (tertiary/aromatic N) is 2. The van der Waals surface area contributed by atoms with Gasteiger partial charge in [-0.15, -0.1) is 0 Å². The van der Waals surface area contributed by atoms with Crippen LogP contribution in [0.15, 0.2) is 47.6 Å². The second-order valence-electron chi connectivity index (χ2n) is 7.29. The van der Waals surface area contributed by atoms with Gasteiger partial charge >= 0.3 is 6.18 Å². The Bertz CT molecular complexity index is 953. The third kappa shape index (κ3) is 8.08. The molecule has 1 heterocycles. The van der Waals surface area contributed by atoms with Crippen LogP contribution in [0.4, 0.5) is 17.6 Å². The van der Waals surface area contributed by atoms with Gasteiger partial charge in [-0.25, -0.2) is 9.38 Å². The SMILES string of the molecule is COC[C@H](C)NC(=NC(N)CC(N)c1ccc(F)cc1)NC(=O)c1cccnc1C(F)(F)F. The third-order valence-electron chi connectivity index (χ3n) is 4.44. The summed E-state index contributed by atoms with van der Waals surface area (Å²) in [4.78, 5) is 20.1. The molecule has 12 heteroatoms. The van der Waals surface area contributed by atoms with E-state index in [1.54, 1.807) is 6.92 Å². The number of guanidine groups is 1. The second kappa shape index (κ2) is 11.7. The highest BCUT2D eigenvalue weighted by Gasteiger charge is 2.37. The maximum Gasteiger partial charge on any atom is 0.434 e. The van der Waals surface area contributed by atoms with Gasteiger partial charge in [-0.3, -0.25) is 15.1 Å². The Morgan fingerprint density at radius 3 is 2.48 bits per heavy atom. The summed E-state index contributed by atoms with van der Waals surface area (Å²) >= 11 is 0. The number of nitrogens with one attached hydrogen (secondary N) is 2. The van der Waals surface area contributed by atoms with Gasteiger partial charge in [0, 0.05) is 31.8 Å². The molecule has 2 unspecified atom stereocenters. The number of ether oxygens (including phenoxy) is 1. The predicted octanol–water partition coefficient (Wildman–Crippen LogP) is 2.32. The van der Waals surface area contributed by atoms with Crippen LogP contribution in [0.5, 0.6) is 0 Å². The van der Waals surface area contributed by atoms with Gasteiger partial charge < -0.3 is 21.5 Å². The number of amides is 1. The average molecular weight is 470 g/mol. The van der Waals surface area contributed by atoms with Crippen molar-refractivity contribution in [2.24, 2.45) is 16.5 Å². The van der Waals surface area contributed by atoms with E-state index in [1.807, 2.05) is 0 Å². The average Bonchev–Trinajstić information content (AvgIpc) is 2.73. The number of methoxy groups -OCH3 is 1. The molecule has 0 aliphatic carbocycles. The van der Waals surface area contributed by atoms with Crippen LogP contribution in [0.25, 0.3) is 0 Å². The zero-order valence-corrected chi connectivity index (χ0v) is 18.1. The van der Waals surface area contributed by atoms with Crippen molar-refractivity contribution in [3.63, 3.8) is 0 Å². The van der Waals surface area contributed by atoms with Crippen LogP contribution >= 0.6 is 0 Å². The number of pyridine rings is 1. The van der Waals surface area contributed by atoms with Gasteiger partial charge in [0.05, 0.1) is 12.2 Å². The van der Waals surface area contributed by atoms with E-state index in [9.17, 15) is 22.4 Å². The lowest BCUT2D eigenvalue weighted by Crippen LogP contribution is -2.48. The van der Waals surface area contributed by atoms with Crippen molar-refractivity contribution in [1.29, 1.82) is 0 Å². The first-order valence-corrected chi connectivity index (χ1v) is 9.94. The fourth-order valence-corrected chi connectivity index (χ4v) is 2.94. The van der Waals surface area contributed by atoms with E-state index in [4.69, 9.17) is 16.2 Å². The minimum Gasteiger partial charge on any atom is -0.383 e. The number of aromatic nitrogens is 1. The van der Waals surface area contributed by atoms with E-state index in [0.717, 1.165) is 12.3 Å². The first-order chi connectivity index (χ1) is 15.5. The zero-order chi connectivity index (χ0) is 24.6. The highest BCUT2D eigenvalue weighted by atomic mass is 19.4. The summed E-state index contributed by atoms with van der Waals surface area (Å²) in [5.74, 6) is -1.63. The minimum atomic E-state index is -4.82. The van der Waals surface area contributed by atoms with Crippen LogP contribution in [-0.4, -0.2) is 42.8 Å². The lowest BCUT2D eigenvalue weighted by molar-refractivity contribution is -0.141. The van der Waals surface area contributed by atoms with Gasteiger partial charge in [-0.05, 0) is 36.8 Å². The molecule has 2 rings (SSSR count). The molecular weight excluding hydrogens is 444 g/mol. The number of hydrogen-bond acceptors (Lipinski definition) is 6. The molecule has 0 bridgehead atoms. The van der Waals surface area contributed by atoms with E-state index in [1.165, 1.54) is 37.4 Å². The molecule has 1 aromatic heterocycles. The van der Waals surface area contributed by atoms with Crippen LogP contribution in [-0.2, 0) is 10.9 Å². The van der Waals surface area contributed by atoms with Crippen molar-refractivity contribution in [2.45, 2.75) is 37.8 Å². The molecule has 1 amide bonds. The fraction of sp³-hybridized carbons (Fsp3) is 0.381. The van der Waals surface area contributed by atoms with Crippen molar-refractivity contribution in [2.75, 3.05) is 13.7 Å². The number of aliphatic imine (C=N–C) groups is 1. The molecule has 0 aliphatic heterocycles. The molecular formula is C21H26F4N6O2. The summed E-state index contributed by atoms with van der Waals surface area (Å²) in [7, 11) is 1.46. The van der Waals surface area contributed by atoms with E-state index in [2.05, 4.69) is 20.6 Å². The Morgan fingerprint density at radius 2 is 1.88 bits per heavy atom. The van der Waals surface area contributed by atoms with Crippen molar-refractivity contribution >= 4 is 11.9 Å². The minimum absolute atomic E-state index is 0.117. The second-order valence-corrected chi connectivity index (χ2v) is 7.29. The number of hydrogen-bond donors (Lipinski definition) is 4. The first kappa shape index (κ1) is 26.2. The zero-order valence-electron chi connectivity index (χ0n) is 18.1. The standard InChI is InChI=1S/C21H26F4N6O2/c1-12(11-33-2)29-20(30-17(27)10-16(26)13-5-7-14(22)8-6-13)31-19(32)15-4-3-9-28-18(15)21(23,24)25/h3-9,12,16-17H,10-11,26-27H2,1-2H3,(H2,29,30,31,32)/t12-,16?,17?/m0/s1. The Hall–Kier alpha value is -3.09. The number of benzene rings is 1. The molecule has 0 spiro atoms. The maximum atomic E-state index is 13.2. The van der Waals surface area contributed by atoms with Crippen molar-refractivity contribution in [1.82, 2.24) is 15.6 Å². The lowest BCUT2D eigenvalue weighted by Gasteiger charge is -2.20. The van der Waals surface area contributed by atoms with Crippen LogP contribution in [0.2, 0.25) is 0 Å². The van der Waals surface area contributed by atoms with Crippen molar-refractivity contribution < 1.29 is 27.1 Å². The summed E-state index contributed by atoms with van der Waals surface area (Å²) in [5.41, 5.74) is 10.8. The predicted molar refractivity (Wildman–Crippen MR) is 115 cm³/mol. The summed E-state index contributed by atoms with van der Waals surface area (Å²) in [5, 5.41) is 5.17. The molecule has 33 heavy (non-hydrogen) atoms. The molecule has 2 aromatic rings. The quantitative estimate of drug-likeness (QED) is 0.266. The van der Waals surface area contributed by atoms with Gasteiger partial charge in [0.25, 0.3) is 5.91 Å². The molecule has 180 valence electrons. The van der Waals surface area contributed by atoms with Crippen LogP contribution in [0, 0.1) is 5.82 Å². The molecule has 0 saturated heterocycles. The third-order valence-corrected chi connectivity index (χ3v) is 4.44. The highest BCUT2D eigenvalue weighted by molar-refractivity contribution is 6.06. The molecule has 0 fully saturated rings. The smallest absolute Gasteiger partial charge is 0.383 e. The Labute approximate surface area is 188 Å². The van der Waals surface area contributed by atoms with Crippen LogP contribution in [0.3, 0.4) is 0 Å². The van der Waals surface area contributed by atoms with Crippen LogP contribution in [0.1, 0.15) is 41.0 Å². The van der Waals surface area contributed by atoms with E-state index >= 15 is 0 Å². The highest BCUT2D eigenvalue weighted by Crippen LogP contribution is 2.29. The fourth-order valence-electron chi connectivity index (χ4n) is 2.94. The Morgan fingerprint density at radius 1 is 1.21 bits per heavy atom. The normalized spacial score (nSPS) is 15.0. The number of rotatable bonds is 8. The topological polar surface area (TPSA) is 128 Å².